The number of nitrogens with one attached hydrogen (secondary N) is 1. The van der Waals surface area contributed by atoms with Crippen LogP contribution < -0.4 is 11.2 Å². The maximum atomic E-state index is 12.0. The highest BCUT2D eigenvalue weighted by Gasteiger charge is 2.07. The van der Waals surface area contributed by atoms with E-state index in [0.29, 0.717) is 29.4 Å². The molecule has 2 rings (SSSR count). The molecule has 0 aliphatic heterocycles. The van der Waals surface area contributed by atoms with Crippen LogP contribution in [0.25, 0.3) is 0 Å². The fourth-order valence-corrected chi connectivity index (χ4v) is 2.45. The predicted molar refractivity (Wildman–Crippen MR) is 86.7 cm³/mol. The van der Waals surface area contributed by atoms with Gasteiger partial charge in [0, 0.05) is 29.2 Å². The largest absolute Gasteiger partial charge is 0.328 e. The second-order valence-electron chi connectivity index (χ2n) is 4.46. The van der Waals surface area contributed by atoms with Gasteiger partial charge in [-0.2, -0.15) is 0 Å². The molecule has 21 heavy (non-hydrogen) atoms. The summed E-state index contributed by atoms with van der Waals surface area (Å²) in [4.78, 5) is 37.0. The second kappa shape index (κ2) is 7.00. The van der Waals surface area contributed by atoms with Gasteiger partial charge in [-0.25, -0.2) is 4.79 Å². The number of hydrogen-bond acceptors (Lipinski definition) is 3. The summed E-state index contributed by atoms with van der Waals surface area (Å²) in [5.74, 6) is 0.0269. The summed E-state index contributed by atoms with van der Waals surface area (Å²) >= 11 is 6.39. The van der Waals surface area contributed by atoms with Gasteiger partial charge in [-0.3, -0.25) is 19.1 Å². The monoisotopic (exact) mass is 414 g/mol. The lowest BCUT2D eigenvalue weighted by Gasteiger charge is -2.05. The number of H-pyrrole nitrogens is 1. The standard InChI is InChI=1S/C14H12Br2N2O3/c15-10-5-3-9(4-6-10)12(19)2-1-7-18-8-11(16)13(20)17-14(18)21/h3-6,8H,1-2,7H2,(H,17,20,21). The Morgan fingerprint density at radius 2 is 1.81 bits per heavy atom. The lowest BCUT2D eigenvalue weighted by atomic mass is 10.1. The Morgan fingerprint density at radius 1 is 1.14 bits per heavy atom. The predicted octanol–water partition coefficient (Wildman–Crippen LogP) is 2.72. The van der Waals surface area contributed by atoms with E-state index in [9.17, 15) is 14.4 Å². The van der Waals surface area contributed by atoms with E-state index in [-0.39, 0.29) is 5.78 Å². The smallest absolute Gasteiger partial charge is 0.299 e. The first-order valence-corrected chi connectivity index (χ1v) is 7.84. The van der Waals surface area contributed by atoms with Crippen LogP contribution in [-0.4, -0.2) is 15.3 Å². The van der Waals surface area contributed by atoms with Crippen LogP contribution >= 0.6 is 31.9 Å². The molecule has 0 amide bonds. The number of carbonyl (C=O) groups is 1. The maximum Gasteiger partial charge on any atom is 0.328 e. The molecule has 0 aliphatic carbocycles. The third-order valence-corrected chi connectivity index (χ3v) is 4.03. The molecule has 110 valence electrons. The van der Waals surface area contributed by atoms with E-state index < -0.39 is 11.2 Å². The van der Waals surface area contributed by atoms with E-state index in [0.717, 1.165) is 4.47 Å². The summed E-state index contributed by atoms with van der Waals surface area (Å²) in [5.41, 5.74) is -0.283. The van der Waals surface area contributed by atoms with Crippen LogP contribution in [0.2, 0.25) is 0 Å². The maximum absolute atomic E-state index is 12.0. The van der Waals surface area contributed by atoms with Gasteiger partial charge in [-0.1, -0.05) is 28.1 Å². The molecule has 0 atom stereocenters. The van der Waals surface area contributed by atoms with Crippen molar-refractivity contribution < 1.29 is 4.79 Å². The van der Waals surface area contributed by atoms with Gasteiger partial charge in [0.2, 0.25) is 0 Å². The molecular weight excluding hydrogens is 404 g/mol. The number of aryl methyl sites for hydroxylation is 1. The number of nitrogens with zero attached hydrogens (tertiary/aromatic N) is 1. The van der Waals surface area contributed by atoms with Crippen molar-refractivity contribution in [1.82, 2.24) is 9.55 Å². The molecule has 0 spiro atoms. The van der Waals surface area contributed by atoms with Crippen molar-refractivity contribution in [3.8, 4) is 0 Å². The number of carbonyl (C=O) groups excluding carboxylic acids is 1. The molecule has 1 aromatic carbocycles. The second-order valence-corrected chi connectivity index (χ2v) is 6.23. The number of halogens is 2. The summed E-state index contributed by atoms with van der Waals surface area (Å²) in [6.07, 6.45) is 2.30. The van der Waals surface area contributed by atoms with Crippen LogP contribution in [-0.2, 0) is 6.54 Å². The number of rotatable bonds is 5. The Kier molecular flexibility index (Phi) is 5.30. The van der Waals surface area contributed by atoms with Gasteiger partial charge in [0.25, 0.3) is 5.56 Å². The molecule has 0 fully saturated rings. The summed E-state index contributed by atoms with van der Waals surface area (Å²) in [5, 5.41) is 0. The van der Waals surface area contributed by atoms with Gasteiger partial charge >= 0.3 is 5.69 Å². The number of hydrogen-bond donors (Lipinski definition) is 1. The first-order chi connectivity index (χ1) is 9.97. The third-order valence-electron chi connectivity index (χ3n) is 2.94. The van der Waals surface area contributed by atoms with Crippen molar-refractivity contribution in [3.05, 3.63) is 65.8 Å². The Bertz CT molecular complexity index is 763. The summed E-state index contributed by atoms with van der Waals surface area (Å²) in [6, 6.07) is 7.15. The average molecular weight is 416 g/mol. The average Bonchev–Trinajstić information content (AvgIpc) is 2.45. The molecule has 1 N–H and O–H groups in total. The number of aromatic nitrogens is 2. The third kappa shape index (κ3) is 4.25. The SMILES string of the molecule is O=C(CCCn1cc(Br)c(=O)[nH]c1=O)c1ccc(Br)cc1. The van der Waals surface area contributed by atoms with Gasteiger partial charge < -0.3 is 0 Å². The van der Waals surface area contributed by atoms with Gasteiger partial charge in [0.05, 0.1) is 4.47 Å². The van der Waals surface area contributed by atoms with E-state index in [1.165, 1.54) is 10.8 Å². The Hall–Kier alpha value is -1.47. The first kappa shape index (κ1) is 15.9. The Morgan fingerprint density at radius 3 is 2.48 bits per heavy atom. The molecule has 1 aromatic heterocycles. The molecule has 0 aliphatic rings. The quantitative estimate of drug-likeness (QED) is 0.763. The first-order valence-electron chi connectivity index (χ1n) is 6.25. The van der Waals surface area contributed by atoms with Crippen LogP contribution in [0.15, 0.2) is 49.0 Å². The molecular formula is C14H12Br2N2O3. The van der Waals surface area contributed by atoms with E-state index in [1.807, 2.05) is 12.1 Å². The lowest BCUT2D eigenvalue weighted by Crippen LogP contribution is -2.30. The van der Waals surface area contributed by atoms with Crippen molar-refractivity contribution in [1.29, 1.82) is 0 Å². The number of benzene rings is 1. The molecule has 0 unspecified atom stereocenters. The Balaban J connectivity index is 1.97. The summed E-state index contributed by atoms with van der Waals surface area (Å²) < 4.78 is 2.59. The van der Waals surface area contributed by atoms with Crippen LogP contribution in [0.3, 0.4) is 0 Å². The van der Waals surface area contributed by atoms with E-state index in [1.54, 1.807) is 12.1 Å². The zero-order chi connectivity index (χ0) is 15.4. The topological polar surface area (TPSA) is 71.9 Å². The van der Waals surface area contributed by atoms with Gasteiger partial charge in [0.15, 0.2) is 5.78 Å². The summed E-state index contributed by atoms with van der Waals surface area (Å²) in [7, 11) is 0. The zero-order valence-corrected chi connectivity index (χ0v) is 14.1. The van der Waals surface area contributed by atoms with Crippen molar-refractivity contribution >= 4 is 37.6 Å². The Labute approximate surface area is 137 Å². The molecule has 0 radical (unpaired) electrons. The van der Waals surface area contributed by atoms with Crippen LogP contribution in [0.1, 0.15) is 23.2 Å². The fraction of sp³-hybridized carbons (Fsp3) is 0.214. The lowest BCUT2D eigenvalue weighted by molar-refractivity contribution is 0.0978. The van der Waals surface area contributed by atoms with Crippen molar-refractivity contribution in [3.63, 3.8) is 0 Å². The van der Waals surface area contributed by atoms with E-state index in [4.69, 9.17) is 0 Å². The molecule has 0 saturated carbocycles. The van der Waals surface area contributed by atoms with Crippen molar-refractivity contribution in [2.75, 3.05) is 0 Å². The van der Waals surface area contributed by atoms with Crippen LogP contribution in [0.5, 0.6) is 0 Å². The van der Waals surface area contributed by atoms with Gasteiger partial charge in [0.1, 0.15) is 0 Å². The zero-order valence-electron chi connectivity index (χ0n) is 10.9. The highest BCUT2D eigenvalue weighted by Crippen LogP contribution is 2.12. The molecule has 0 bridgehead atoms. The molecule has 7 heteroatoms. The van der Waals surface area contributed by atoms with E-state index in [2.05, 4.69) is 36.8 Å². The minimum Gasteiger partial charge on any atom is -0.299 e. The van der Waals surface area contributed by atoms with E-state index >= 15 is 0 Å². The molecule has 5 nitrogen and oxygen atoms in total. The molecule has 0 saturated heterocycles. The fourth-order valence-electron chi connectivity index (χ4n) is 1.84. The van der Waals surface area contributed by atoms with Gasteiger partial charge in [-0.05, 0) is 34.5 Å². The minimum atomic E-state index is -0.473. The normalized spacial score (nSPS) is 10.6. The summed E-state index contributed by atoms with van der Waals surface area (Å²) in [6.45, 7) is 0.372. The number of aromatic amines is 1. The molecule has 1 heterocycles. The highest BCUT2D eigenvalue weighted by atomic mass is 79.9. The van der Waals surface area contributed by atoms with Crippen LogP contribution in [0, 0.1) is 0 Å². The van der Waals surface area contributed by atoms with Crippen LogP contribution in [0.4, 0.5) is 0 Å². The van der Waals surface area contributed by atoms with Gasteiger partial charge in [-0.15, -0.1) is 0 Å². The van der Waals surface area contributed by atoms with Crippen molar-refractivity contribution in [2.45, 2.75) is 19.4 Å². The van der Waals surface area contributed by atoms with Crippen molar-refractivity contribution in [2.24, 2.45) is 0 Å². The minimum absolute atomic E-state index is 0.0269. The highest BCUT2D eigenvalue weighted by molar-refractivity contribution is 9.10. The number of ketones is 1. The number of Topliss-reactive ketones (excluding diaryl/α,β-unsaturated/α-hetero) is 1. The molecule has 2 aromatic rings.